The summed E-state index contributed by atoms with van der Waals surface area (Å²) in [6.45, 7) is 0.357. The Morgan fingerprint density at radius 1 is 1.00 bits per heavy atom. The fourth-order valence-electron chi connectivity index (χ4n) is 3.27. The lowest BCUT2D eigenvalue weighted by Gasteiger charge is -2.13. The molecule has 2 fully saturated rings. The summed E-state index contributed by atoms with van der Waals surface area (Å²) in [4.78, 5) is 34.4. The monoisotopic (exact) mass is 296 g/mol. The van der Waals surface area contributed by atoms with Crippen LogP contribution in [0.15, 0.2) is 0 Å². The number of carboxylic acids is 1. The minimum Gasteiger partial charge on any atom is -0.481 e. The first-order chi connectivity index (χ1) is 10.1. The van der Waals surface area contributed by atoms with Gasteiger partial charge in [-0.25, -0.2) is 0 Å². The molecule has 2 rings (SSSR count). The first-order valence-electron chi connectivity index (χ1n) is 7.86. The second-order valence-corrected chi connectivity index (χ2v) is 6.14. The van der Waals surface area contributed by atoms with Crippen molar-refractivity contribution >= 4 is 17.8 Å². The highest BCUT2D eigenvalue weighted by molar-refractivity contribution is 5.80. The Kier molecular flexibility index (Phi) is 5.59. The van der Waals surface area contributed by atoms with Gasteiger partial charge in [-0.2, -0.15) is 0 Å². The molecule has 0 radical (unpaired) electrons. The van der Waals surface area contributed by atoms with Gasteiger partial charge < -0.3 is 15.7 Å². The summed E-state index contributed by atoms with van der Waals surface area (Å²) < 4.78 is 0. The van der Waals surface area contributed by atoms with Crippen LogP contribution in [0.1, 0.15) is 51.4 Å². The Balaban J connectivity index is 1.59. The van der Waals surface area contributed by atoms with Gasteiger partial charge in [-0.3, -0.25) is 14.4 Å². The lowest BCUT2D eigenvalue weighted by Crippen LogP contribution is -2.37. The summed E-state index contributed by atoms with van der Waals surface area (Å²) in [6.07, 6.45) is 6.25. The summed E-state index contributed by atoms with van der Waals surface area (Å²) in [6, 6.07) is -0.0378. The Hall–Kier alpha value is -1.59. The van der Waals surface area contributed by atoms with E-state index in [1.807, 2.05) is 0 Å². The zero-order chi connectivity index (χ0) is 15.2. The minimum atomic E-state index is -0.782. The topological polar surface area (TPSA) is 95.5 Å². The third kappa shape index (κ3) is 4.72. The van der Waals surface area contributed by atoms with Gasteiger partial charge in [0, 0.05) is 24.9 Å². The number of hydrogen-bond donors (Lipinski definition) is 3. The van der Waals surface area contributed by atoms with E-state index in [1.165, 1.54) is 0 Å². The van der Waals surface area contributed by atoms with Gasteiger partial charge in [0.15, 0.2) is 0 Å². The van der Waals surface area contributed by atoms with Crippen LogP contribution in [0, 0.1) is 11.8 Å². The van der Waals surface area contributed by atoms with Gasteiger partial charge in [0.25, 0.3) is 0 Å². The van der Waals surface area contributed by atoms with Crippen LogP contribution in [-0.4, -0.2) is 35.5 Å². The van der Waals surface area contributed by atoms with Crippen LogP contribution in [0.25, 0.3) is 0 Å². The van der Waals surface area contributed by atoms with Crippen molar-refractivity contribution in [1.29, 1.82) is 0 Å². The molecule has 3 N–H and O–H groups in total. The number of amides is 2. The van der Waals surface area contributed by atoms with Crippen molar-refractivity contribution in [3.8, 4) is 0 Å². The molecule has 0 spiro atoms. The maximum atomic E-state index is 11.8. The van der Waals surface area contributed by atoms with E-state index in [2.05, 4.69) is 10.6 Å². The van der Waals surface area contributed by atoms with Gasteiger partial charge in [0.05, 0.1) is 5.92 Å². The lowest BCUT2D eigenvalue weighted by atomic mass is 10.1. The van der Waals surface area contributed by atoms with Gasteiger partial charge in [-0.15, -0.1) is 0 Å². The SMILES string of the molecule is O=C(CCNC(=O)C1CCCC1)N[C@H]1CC[C@@H](C(=O)O)C1. The summed E-state index contributed by atoms with van der Waals surface area (Å²) in [5.74, 6) is -1.04. The fraction of sp³-hybridized carbons (Fsp3) is 0.800. The largest absolute Gasteiger partial charge is 0.481 e. The highest BCUT2D eigenvalue weighted by Crippen LogP contribution is 2.26. The van der Waals surface area contributed by atoms with E-state index in [1.54, 1.807) is 0 Å². The molecule has 0 heterocycles. The third-order valence-electron chi connectivity index (χ3n) is 4.52. The molecular formula is C15H24N2O4. The molecule has 0 unspecified atom stereocenters. The minimum absolute atomic E-state index is 0.0378. The molecule has 6 heteroatoms. The quantitative estimate of drug-likeness (QED) is 0.682. The zero-order valence-electron chi connectivity index (χ0n) is 12.3. The van der Waals surface area contributed by atoms with E-state index in [9.17, 15) is 14.4 Å². The van der Waals surface area contributed by atoms with Crippen molar-refractivity contribution in [3.05, 3.63) is 0 Å². The average Bonchev–Trinajstić information content (AvgIpc) is 3.09. The number of aliphatic carboxylic acids is 1. The Morgan fingerprint density at radius 2 is 1.71 bits per heavy atom. The molecule has 2 atom stereocenters. The van der Waals surface area contributed by atoms with Crippen LogP contribution in [0.2, 0.25) is 0 Å². The summed E-state index contributed by atoms with van der Waals surface area (Å²) in [5, 5.41) is 14.6. The van der Waals surface area contributed by atoms with Crippen molar-refractivity contribution in [2.45, 2.75) is 57.4 Å². The standard InChI is InChI=1S/C15H24N2O4/c18-13(17-12-6-5-11(9-12)15(20)21)7-8-16-14(19)10-3-1-2-4-10/h10-12H,1-9H2,(H,16,19)(H,17,18)(H,20,21)/t11-,12+/m1/s1. The molecule has 2 saturated carbocycles. The van der Waals surface area contributed by atoms with Gasteiger partial charge in [0.1, 0.15) is 0 Å². The van der Waals surface area contributed by atoms with E-state index in [4.69, 9.17) is 5.11 Å². The van der Waals surface area contributed by atoms with Crippen LogP contribution >= 0.6 is 0 Å². The van der Waals surface area contributed by atoms with Crippen molar-refractivity contribution in [2.24, 2.45) is 11.8 Å². The first-order valence-corrected chi connectivity index (χ1v) is 7.86. The number of carbonyl (C=O) groups excluding carboxylic acids is 2. The highest BCUT2D eigenvalue weighted by Gasteiger charge is 2.30. The maximum absolute atomic E-state index is 11.8. The van der Waals surface area contributed by atoms with Crippen molar-refractivity contribution in [2.75, 3.05) is 6.54 Å². The molecule has 0 aromatic carbocycles. The Labute approximate surface area is 124 Å². The van der Waals surface area contributed by atoms with Crippen LogP contribution < -0.4 is 10.6 Å². The summed E-state index contributed by atoms with van der Waals surface area (Å²) >= 11 is 0. The zero-order valence-corrected chi connectivity index (χ0v) is 12.3. The molecule has 118 valence electrons. The van der Waals surface area contributed by atoms with E-state index in [0.29, 0.717) is 19.4 Å². The molecular weight excluding hydrogens is 272 g/mol. The normalized spacial score (nSPS) is 25.7. The number of rotatable bonds is 6. The van der Waals surface area contributed by atoms with Gasteiger partial charge in [-0.05, 0) is 32.1 Å². The van der Waals surface area contributed by atoms with Crippen LogP contribution in [0.4, 0.5) is 0 Å². The van der Waals surface area contributed by atoms with E-state index >= 15 is 0 Å². The van der Waals surface area contributed by atoms with Gasteiger partial charge in [-0.1, -0.05) is 12.8 Å². The maximum Gasteiger partial charge on any atom is 0.306 e. The van der Waals surface area contributed by atoms with E-state index in [-0.39, 0.29) is 36.1 Å². The van der Waals surface area contributed by atoms with Crippen LogP contribution in [-0.2, 0) is 14.4 Å². The first kappa shape index (κ1) is 15.8. The number of carbonyl (C=O) groups is 3. The molecule has 0 saturated heterocycles. The van der Waals surface area contributed by atoms with Crippen molar-refractivity contribution in [1.82, 2.24) is 10.6 Å². The van der Waals surface area contributed by atoms with Crippen molar-refractivity contribution < 1.29 is 19.5 Å². The summed E-state index contributed by atoms with van der Waals surface area (Å²) in [7, 11) is 0. The molecule has 6 nitrogen and oxygen atoms in total. The van der Waals surface area contributed by atoms with Gasteiger partial charge >= 0.3 is 5.97 Å². The molecule has 21 heavy (non-hydrogen) atoms. The highest BCUT2D eigenvalue weighted by atomic mass is 16.4. The molecule has 0 aliphatic heterocycles. The molecule has 0 bridgehead atoms. The van der Waals surface area contributed by atoms with Crippen LogP contribution in [0.3, 0.4) is 0 Å². The smallest absolute Gasteiger partial charge is 0.306 e. The molecule has 2 aliphatic carbocycles. The third-order valence-corrected chi connectivity index (χ3v) is 4.52. The second-order valence-electron chi connectivity index (χ2n) is 6.14. The van der Waals surface area contributed by atoms with E-state index in [0.717, 1.165) is 32.1 Å². The number of carboxylic acid groups (broad SMARTS) is 1. The van der Waals surface area contributed by atoms with E-state index < -0.39 is 5.97 Å². The lowest BCUT2D eigenvalue weighted by molar-refractivity contribution is -0.141. The predicted molar refractivity (Wildman–Crippen MR) is 76.5 cm³/mol. The average molecular weight is 296 g/mol. The summed E-state index contributed by atoms with van der Waals surface area (Å²) in [5.41, 5.74) is 0. The number of hydrogen-bond acceptors (Lipinski definition) is 3. The van der Waals surface area contributed by atoms with Gasteiger partial charge in [0.2, 0.25) is 11.8 Å². The Morgan fingerprint density at radius 3 is 2.33 bits per heavy atom. The molecule has 0 aromatic heterocycles. The number of nitrogens with one attached hydrogen (secondary N) is 2. The second kappa shape index (κ2) is 7.43. The molecule has 2 aliphatic rings. The molecule has 0 aromatic rings. The van der Waals surface area contributed by atoms with Crippen LogP contribution in [0.5, 0.6) is 0 Å². The Bertz CT molecular complexity index is 404. The van der Waals surface area contributed by atoms with Crippen molar-refractivity contribution in [3.63, 3.8) is 0 Å². The molecule has 2 amide bonds. The predicted octanol–water partition coefficient (Wildman–Crippen LogP) is 1.05. The fourth-order valence-corrected chi connectivity index (χ4v) is 3.27.